The van der Waals surface area contributed by atoms with Crippen LogP contribution in [0.3, 0.4) is 0 Å². The van der Waals surface area contributed by atoms with E-state index in [-0.39, 0.29) is 0 Å². The predicted molar refractivity (Wildman–Crippen MR) is 87.1 cm³/mol. The van der Waals surface area contributed by atoms with E-state index in [2.05, 4.69) is 10.1 Å². The Labute approximate surface area is 138 Å². The van der Waals surface area contributed by atoms with Gasteiger partial charge in [0.1, 0.15) is 0 Å². The van der Waals surface area contributed by atoms with Crippen LogP contribution >= 0.6 is 11.6 Å². The van der Waals surface area contributed by atoms with Crippen molar-refractivity contribution in [3.63, 3.8) is 0 Å². The van der Waals surface area contributed by atoms with Crippen LogP contribution in [0.1, 0.15) is 11.5 Å². The average molecular weight is 331 g/mol. The molecular formula is C17H15ClN2O3. The molecule has 0 spiro atoms. The van der Waals surface area contributed by atoms with Gasteiger partial charge in [-0.1, -0.05) is 22.8 Å². The highest BCUT2D eigenvalue weighted by Crippen LogP contribution is 2.28. The van der Waals surface area contributed by atoms with Crippen molar-refractivity contribution in [2.45, 2.75) is 6.42 Å². The summed E-state index contributed by atoms with van der Waals surface area (Å²) in [6.45, 7) is 0. The Morgan fingerprint density at radius 3 is 2.43 bits per heavy atom. The van der Waals surface area contributed by atoms with Gasteiger partial charge in [0, 0.05) is 10.6 Å². The maximum atomic E-state index is 5.88. The topological polar surface area (TPSA) is 57.4 Å². The summed E-state index contributed by atoms with van der Waals surface area (Å²) in [7, 11) is 3.21. The molecule has 0 bridgehead atoms. The fraction of sp³-hybridized carbons (Fsp3) is 0.176. The zero-order valence-electron chi connectivity index (χ0n) is 12.7. The fourth-order valence-electron chi connectivity index (χ4n) is 2.21. The smallest absolute Gasteiger partial charge is 0.231 e. The van der Waals surface area contributed by atoms with Crippen LogP contribution in [0.5, 0.6) is 11.5 Å². The lowest BCUT2D eigenvalue weighted by molar-refractivity contribution is 0.354. The summed E-state index contributed by atoms with van der Waals surface area (Å²) in [4.78, 5) is 4.41. The Bertz CT molecular complexity index is 800. The molecule has 0 aliphatic rings. The number of nitrogens with zero attached hydrogens (tertiary/aromatic N) is 2. The van der Waals surface area contributed by atoms with Gasteiger partial charge in [-0.05, 0) is 42.0 Å². The molecule has 118 valence electrons. The number of methoxy groups -OCH3 is 2. The molecule has 0 radical (unpaired) electrons. The van der Waals surface area contributed by atoms with Crippen LogP contribution in [0.2, 0.25) is 5.02 Å². The van der Waals surface area contributed by atoms with Crippen molar-refractivity contribution in [3.05, 3.63) is 58.9 Å². The molecule has 1 heterocycles. The first-order chi connectivity index (χ1) is 11.2. The molecule has 23 heavy (non-hydrogen) atoms. The summed E-state index contributed by atoms with van der Waals surface area (Å²) in [5, 5.41) is 4.67. The second-order valence-electron chi connectivity index (χ2n) is 4.88. The molecule has 3 rings (SSSR count). The number of hydrogen-bond donors (Lipinski definition) is 0. The van der Waals surface area contributed by atoms with Crippen LogP contribution in [-0.4, -0.2) is 24.4 Å². The van der Waals surface area contributed by atoms with E-state index in [1.165, 1.54) is 0 Å². The molecule has 0 atom stereocenters. The first-order valence-corrected chi connectivity index (χ1v) is 7.37. The van der Waals surface area contributed by atoms with Gasteiger partial charge in [-0.15, -0.1) is 0 Å². The zero-order chi connectivity index (χ0) is 16.2. The molecule has 2 aromatic carbocycles. The Kier molecular flexibility index (Phi) is 4.48. The van der Waals surface area contributed by atoms with Crippen LogP contribution in [0.25, 0.3) is 11.4 Å². The highest BCUT2D eigenvalue weighted by Gasteiger charge is 2.11. The lowest BCUT2D eigenvalue weighted by Gasteiger charge is -2.08. The van der Waals surface area contributed by atoms with Crippen molar-refractivity contribution < 1.29 is 14.0 Å². The number of rotatable bonds is 5. The summed E-state index contributed by atoms with van der Waals surface area (Å²) < 4.78 is 15.8. The molecule has 0 unspecified atom stereocenters. The van der Waals surface area contributed by atoms with Crippen molar-refractivity contribution in [3.8, 4) is 22.9 Å². The minimum atomic E-state index is 0.515. The molecule has 0 aliphatic heterocycles. The summed E-state index contributed by atoms with van der Waals surface area (Å²) >= 11 is 5.88. The zero-order valence-corrected chi connectivity index (χ0v) is 13.5. The molecule has 0 amide bonds. The second-order valence-corrected chi connectivity index (χ2v) is 5.32. The van der Waals surface area contributed by atoms with Crippen molar-refractivity contribution in [2.75, 3.05) is 14.2 Å². The molecular weight excluding hydrogens is 316 g/mol. The maximum absolute atomic E-state index is 5.88. The highest BCUT2D eigenvalue weighted by atomic mass is 35.5. The highest BCUT2D eigenvalue weighted by molar-refractivity contribution is 6.30. The van der Waals surface area contributed by atoms with Crippen LogP contribution in [0.4, 0.5) is 0 Å². The molecule has 6 heteroatoms. The van der Waals surface area contributed by atoms with E-state index in [1.807, 2.05) is 30.3 Å². The largest absolute Gasteiger partial charge is 0.493 e. The Hall–Kier alpha value is -2.53. The van der Waals surface area contributed by atoms with E-state index < -0.39 is 0 Å². The predicted octanol–water partition coefficient (Wildman–Crippen LogP) is 4.00. The van der Waals surface area contributed by atoms with E-state index in [1.54, 1.807) is 26.4 Å². The first-order valence-electron chi connectivity index (χ1n) is 6.99. The SMILES string of the molecule is COc1ccc(Cc2nc(-c3ccc(Cl)cc3)no2)cc1OC. The molecule has 0 saturated heterocycles. The van der Waals surface area contributed by atoms with Gasteiger partial charge in [-0.2, -0.15) is 4.98 Å². The van der Waals surface area contributed by atoms with Gasteiger partial charge >= 0.3 is 0 Å². The Morgan fingerprint density at radius 1 is 1.00 bits per heavy atom. The van der Waals surface area contributed by atoms with E-state index >= 15 is 0 Å². The third kappa shape index (κ3) is 3.46. The summed E-state index contributed by atoms with van der Waals surface area (Å²) in [5.41, 5.74) is 1.85. The van der Waals surface area contributed by atoms with Crippen molar-refractivity contribution in [1.29, 1.82) is 0 Å². The van der Waals surface area contributed by atoms with Gasteiger partial charge in [0.25, 0.3) is 0 Å². The summed E-state index contributed by atoms with van der Waals surface area (Å²) in [6, 6.07) is 13.0. The quantitative estimate of drug-likeness (QED) is 0.707. The van der Waals surface area contributed by atoms with E-state index in [9.17, 15) is 0 Å². The fourth-order valence-corrected chi connectivity index (χ4v) is 2.33. The number of aromatic nitrogens is 2. The summed E-state index contributed by atoms with van der Waals surface area (Å²) in [5.74, 6) is 2.42. The molecule has 0 fully saturated rings. The molecule has 0 saturated carbocycles. The van der Waals surface area contributed by atoms with Gasteiger partial charge in [-0.25, -0.2) is 0 Å². The second kappa shape index (κ2) is 6.71. The van der Waals surface area contributed by atoms with Crippen LogP contribution < -0.4 is 9.47 Å². The van der Waals surface area contributed by atoms with Gasteiger partial charge < -0.3 is 14.0 Å². The molecule has 5 nitrogen and oxygen atoms in total. The Morgan fingerprint density at radius 2 is 1.74 bits per heavy atom. The first kappa shape index (κ1) is 15.4. The van der Waals surface area contributed by atoms with Crippen LogP contribution in [0.15, 0.2) is 47.0 Å². The lowest BCUT2D eigenvalue weighted by Crippen LogP contribution is -1.94. The molecule has 3 aromatic rings. The van der Waals surface area contributed by atoms with Crippen molar-refractivity contribution >= 4 is 11.6 Å². The van der Waals surface area contributed by atoms with E-state index in [0.29, 0.717) is 34.7 Å². The van der Waals surface area contributed by atoms with Gasteiger partial charge in [0.2, 0.25) is 11.7 Å². The molecule has 1 aromatic heterocycles. The standard InChI is InChI=1S/C17H15ClN2O3/c1-21-14-8-3-11(9-15(14)22-2)10-16-19-17(20-23-16)12-4-6-13(18)7-5-12/h3-9H,10H2,1-2H3. The normalized spacial score (nSPS) is 10.6. The van der Waals surface area contributed by atoms with E-state index in [4.69, 9.17) is 25.6 Å². The monoisotopic (exact) mass is 330 g/mol. The van der Waals surface area contributed by atoms with Gasteiger partial charge in [0.15, 0.2) is 11.5 Å². The Balaban J connectivity index is 1.80. The average Bonchev–Trinajstić information content (AvgIpc) is 3.04. The third-order valence-corrected chi connectivity index (χ3v) is 3.63. The third-order valence-electron chi connectivity index (χ3n) is 3.37. The number of halogens is 1. The minimum Gasteiger partial charge on any atom is -0.493 e. The van der Waals surface area contributed by atoms with Crippen molar-refractivity contribution in [2.24, 2.45) is 0 Å². The van der Waals surface area contributed by atoms with Gasteiger partial charge in [-0.3, -0.25) is 0 Å². The van der Waals surface area contributed by atoms with Crippen LogP contribution in [-0.2, 0) is 6.42 Å². The molecule has 0 aliphatic carbocycles. The van der Waals surface area contributed by atoms with Gasteiger partial charge in [0.05, 0.1) is 20.6 Å². The van der Waals surface area contributed by atoms with Crippen LogP contribution in [0, 0.1) is 0 Å². The van der Waals surface area contributed by atoms with Crippen molar-refractivity contribution in [1.82, 2.24) is 10.1 Å². The van der Waals surface area contributed by atoms with E-state index in [0.717, 1.165) is 11.1 Å². The lowest BCUT2D eigenvalue weighted by atomic mass is 10.1. The maximum Gasteiger partial charge on any atom is 0.231 e. The minimum absolute atomic E-state index is 0.515. The number of benzene rings is 2. The summed E-state index contributed by atoms with van der Waals surface area (Å²) in [6.07, 6.45) is 0.515. The number of ether oxygens (including phenoxy) is 2. The number of hydrogen-bond acceptors (Lipinski definition) is 5. The molecule has 0 N–H and O–H groups in total.